The normalized spacial score (nSPS) is 29.2. The lowest BCUT2D eigenvalue weighted by Gasteiger charge is -2.47. The van der Waals surface area contributed by atoms with E-state index in [0.29, 0.717) is 11.8 Å². The van der Waals surface area contributed by atoms with E-state index in [-0.39, 0.29) is 0 Å². The number of piperidine rings is 1. The zero-order valence-electron chi connectivity index (χ0n) is 15.6. The fraction of sp³-hybridized carbons (Fsp3) is 0.478. The summed E-state index contributed by atoms with van der Waals surface area (Å²) in [5, 5.41) is 11.3. The fourth-order valence-corrected chi connectivity index (χ4v) is 4.86. The van der Waals surface area contributed by atoms with Crippen molar-refractivity contribution in [2.45, 2.75) is 37.8 Å². The first-order chi connectivity index (χ1) is 12.7. The number of benzene rings is 2. The molecule has 2 aromatic rings. The molecule has 1 aliphatic carbocycles. The molecule has 1 N–H and O–H groups in total. The van der Waals surface area contributed by atoms with E-state index in [1.54, 1.807) is 7.11 Å². The Labute approximate surface area is 156 Å². The fourth-order valence-electron chi connectivity index (χ4n) is 4.86. The molecule has 1 saturated carbocycles. The second-order valence-corrected chi connectivity index (χ2v) is 8.03. The van der Waals surface area contributed by atoms with Crippen molar-refractivity contribution in [2.24, 2.45) is 11.8 Å². The van der Waals surface area contributed by atoms with Crippen LogP contribution in [0.1, 0.15) is 36.8 Å². The smallest absolute Gasteiger partial charge is 0.118 e. The van der Waals surface area contributed by atoms with Crippen molar-refractivity contribution in [1.82, 2.24) is 4.90 Å². The Morgan fingerprint density at radius 2 is 1.81 bits per heavy atom. The van der Waals surface area contributed by atoms with Gasteiger partial charge in [-0.1, -0.05) is 42.5 Å². The van der Waals surface area contributed by atoms with Gasteiger partial charge in [0.1, 0.15) is 5.75 Å². The maximum Gasteiger partial charge on any atom is 0.118 e. The van der Waals surface area contributed by atoms with Crippen LogP contribution < -0.4 is 4.74 Å². The number of aliphatic hydroxyl groups is 1. The Morgan fingerprint density at radius 1 is 1.04 bits per heavy atom. The molecule has 2 aromatic carbocycles. The van der Waals surface area contributed by atoms with E-state index >= 15 is 0 Å². The molecule has 1 unspecified atom stereocenters. The van der Waals surface area contributed by atoms with E-state index in [0.717, 1.165) is 50.2 Å². The molecule has 3 atom stereocenters. The predicted octanol–water partition coefficient (Wildman–Crippen LogP) is 4.21. The van der Waals surface area contributed by atoms with Gasteiger partial charge in [0.15, 0.2) is 0 Å². The first-order valence-electron chi connectivity index (χ1n) is 9.79. The summed E-state index contributed by atoms with van der Waals surface area (Å²) in [5.74, 6) is 2.19. The summed E-state index contributed by atoms with van der Waals surface area (Å²) in [6.07, 6.45) is 4.05. The number of hydrogen-bond acceptors (Lipinski definition) is 3. The Bertz CT molecular complexity index is 715. The summed E-state index contributed by atoms with van der Waals surface area (Å²) in [6, 6.07) is 18.7. The minimum absolute atomic E-state index is 0.628. The van der Waals surface area contributed by atoms with Crippen LogP contribution in [0.25, 0.3) is 0 Å². The number of likely N-dealkylation sites (tertiary alicyclic amines) is 1. The highest BCUT2D eigenvalue weighted by molar-refractivity contribution is 5.31. The zero-order valence-corrected chi connectivity index (χ0v) is 15.6. The lowest BCUT2D eigenvalue weighted by Crippen LogP contribution is -2.46. The topological polar surface area (TPSA) is 32.7 Å². The van der Waals surface area contributed by atoms with E-state index in [9.17, 15) is 5.11 Å². The number of methoxy groups -OCH3 is 1. The largest absolute Gasteiger partial charge is 0.497 e. The summed E-state index contributed by atoms with van der Waals surface area (Å²) in [7, 11) is 1.68. The van der Waals surface area contributed by atoms with Gasteiger partial charge in [-0.2, -0.15) is 0 Å². The van der Waals surface area contributed by atoms with E-state index in [1.165, 1.54) is 12.0 Å². The maximum atomic E-state index is 11.3. The average Bonchev–Trinajstić information content (AvgIpc) is 2.69. The molecule has 0 amide bonds. The van der Waals surface area contributed by atoms with Gasteiger partial charge in [0.05, 0.1) is 12.7 Å². The SMILES string of the molecule is COc1ccc(C2(O)CC[C@H]3CN(Cc4ccccc4)CC[C@@H]3C2)cc1. The minimum atomic E-state index is -0.672. The third-order valence-corrected chi connectivity index (χ3v) is 6.38. The number of hydrogen-bond donors (Lipinski definition) is 1. The molecule has 138 valence electrons. The van der Waals surface area contributed by atoms with Gasteiger partial charge >= 0.3 is 0 Å². The third-order valence-electron chi connectivity index (χ3n) is 6.38. The van der Waals surface area contributed by atoms with Crippen molar-refractivity contribution >= 4 is 0 Å². The van der Waals surface area contributed by atoms with Crippen LogP contribution in [-0.4, -0.2) is 30.2 Å². The first-order valence-corrected chi connectivity index (χ1v) is 9.79. The summed E-state index contributed by atoms with van der Waals surface area (Å²) in [4.78, 5) is 2.59. The molecule has 1 aliphatic heterocycles. The lowest BCUT2D eigenvalue weighted by molar-refractivity contribution is -0.0616. The maximum absolute atomic E-state index is 11.3. The van der Waals surface area contributed by atoms with Crippen LogP contribution in [0.4, 0.5) is 0 Å². The van der Waals surface area contributed by atoms with Crippen LogP contribution >= 0.6 is 0 Å². The van der Waals surface area contributed by atoms with Crippen LogP contribution in [0.15, 0.2) is 54.6 Å². The molecule has 2 fully saturated rings. The highest BCUT2D eigenvalue weighted by atomic mass is 16.5. The Morgan fingerprint density at radius 3 is 2.54 bits per heavy atom. The van der Waals surface area contributed by atoms with E-state index in [4.69, 9.17) is 4.74 Å². The molecule has 3 nitrogen and oxygen atoms in total. The molecule has 0 spiro atoms. The molecule has 26 heavy (non-hydrogen) atoms. The number of ether oxygens (including phenoxy) is 1. The summed E-state index contributed by atoms with van der Waals surface area (Å²) in [6.45, 7) is 3.35. The van der Waals surface area contributed by atoms with Gasteiger partial charge in [0.2, 0.25) is 0 Å². The Hall–Kier alpha value is -1.84. The highest BCUT2D eigenvalue weighted by Gasteiger charge is 2.42. The second kappa shape index (κ2) is 7.42. The van der Waals surface area contributed by atoms with Crippen LogP contribution in [0.2, 0.25) is 0 Å². The molecule has 0 radical (unpaired) electrons. The molecular weight excluding hydrogens is 322 g/mol. The number of fused-ring (bicyclic) bond motifs is 1. The van der Waals surface area contributed by atoms with Gasteiger partial charge in [-0.05, 0) is 67.3 Å². The van der Waals surface area contributed by atoms with Crippen LogP contribution in [-0.2, 0) is 12.1 Å². The van der Waals surface area contributed by atoms with Gasteiger partial charge in [0.25, 0.3) is 0 Å². The van der Waals surface area contributed by atoms with Crippen molar-refractivity contribution in [3.63, 3.8) is 0 Å². The zero-order chi connectivity index (χ0) is 18.0. The van der Waals surface area contributed by atoms with E-state index in [1.807, 2.05) is 24.3 Å². The van der Waals surface area contributed by atoms with Crippen molar-refractivity contribution in [3.8, 4) is 5.75 Å². The standard InChI is InChI=1S/C23H29NO2/c1-26-22-9-7-21(8-10-22)23(25)13-11-20-17-24(14-12-19(20)15-23)16-18-5-3-2-4-6-18/h2-10,19-20,25H,11-17H2,1H3/t19-,20+,23?/m1/s1. The predicted molar refractivity (Wildman–Crippen MR) is 104 cm³/mol. The molecule has 0 bridgehead atoms. The third kappa shape index (κ3) is 3.65. The number of rotatable bonds is 4. The summed E-state index contributed by atoms with van der Waals surface area (Å²) in [5.41, 5.74) is 1.77. The Kier molecular flexibility index (Phi) is 5.01. The Balaban J connectivity index is 1.39. The van der Waals surface area contributed by atoms with Gasteiger partial charge in [-0.3, -0.25) is 4.90 Å². The summed E-state index contributed by atoms with van der Waals surface area (Å²) < 4.78 is 5.25. The molecule has 1 heterocycles. The van der Waals surface area contributed by atoms with Gasteiger partial charge in [0, 0.05) is 13.1 Å². The van der Waals surface area contributed by atoms with E-state index < -0.39 is 5.60 Å². The molecule has 2 aliphatic rings. The van der Waals surface area contributed by atoms with Crippen molar-refractivity contribution < 1.29 is 9.84 Å². The highest BCUT2D eigenvalue weighted by Crippen LogP contribution is 2.46. The quantitative estimate of drug-likeness (QED) is 0.896. The van der Waals surface area contributed by atoms with Crippen LogP contribution in [0.3, 0.4) is 0 Å². The number of nitrogens with zero attached hydrogens (tertiary/aromatic N) is 1. The first kappa shape index (κ1) is 17.6. The molecule has 4 rings (SSSR count). The van der Waals surface area contributed by atoms with E-state index in [2.05, 4.69) is 35.2 Å². The lowest BCUT2D eigenvalue weighted by atomic mass is 9.66. The average molecular weight is 351 g/mol. The molecule has 3 heteroatoms. The monoisotopic (exact) mass is 351 g/mol. The van der Waals surface area contributed by atoms with Gasteiger partial charge < -0.3 is 9.84 Å². The second-order valence-electron chi connectivity index (χ2n) is 8.03. The molecule has 0 aromatic heterocycles. The minimum Gasteiger partial charge on any atom is -0.497 e. The van der Waals surface area contributed by atoms with Crippen LogP contribution in [0.5, 0.6) is 5.75 Å². The van der Waals surface area contributed by atoms with Gasteiger partial charge in [-0.15, -0.1) is 0 Å². The van der Waals surface area contributed by atoms with Crippen LogP contribution in [0, 0.1) is 11.8 Å². The van der Waals surface area contributed by atoms with Crippen molar-refractivity contribution in [2.75, 3.05) is 20.2 Å². The van der Waals surface area contributed by atoms with Gasteiger partial charge in [-0.25, -0.2) is 0 Å². The van der Waals surface area contributed by atoms with Crippen molar-refractivity contribution in [1.29, 1.82) is 0 Å². The van der Waals surface area contributed by atoms with Crippen molar-refractivity contribution in [3.05, 3.63) is 65.7 Å². The summed E-state index contributed by atoms with van der Waals surface area (Å²) >= 11 is 0. The molecule has 1 saturated heterocycles. The molecular formula is C23H29NO2.